The molecule has 3 aromatic carbocycles. The fourth-order valence-electron chi connectivity index (χ4n) is 4.72. The summed E-state index contributed by atoms with van der Waals surface area (Å²) < 4.78 is 28.2. The lowest BCUT2D eigenvalue weighted by Gasteiger charge is -2.27. The summed E-state index contributed by atoms with van der Waals surface area (Å²) in [6.07, 6.45) is 5.61. The van der Waals surface area contributed by atoms with Crippen LogP contribution in [0.4, 0.5) is 0 Å². The fourth-order valence-corrected chi connectivity index (χ4v) is 5.95. The molecule has 1 atom stereocenters. The number of rotatable bonds is 13. The second-order valence-corrected chi connectivity index (χ2v) is 11.8. The third-order valence-electron chi connectivity index (χ3n) is 6.95. The second-order valence-electron chi connectivity index (χ2n) is 9.96. The Labute approximate surface area is 286 Å². The van der Waals surface area contributed by atoms with E-state index in [9.17, 15) is 10.1 Å². The van der Waals surface area contributed by atoms with Gasteiger partial charge in [-0.15, -0.1) is 0 Å². The SMILES string of the molecule is CCCCCCCOc1ccc(C2C(C#N)=C(N)Oc3cc(OC(=O)COc4c(Cl)c(Cl)c(Cl)c(Cl)c4Cl)ccc32)cc1OC. The number of esters is 1. The highest BCUT2D eigenvalue weighted by Crippen LogP contribution is 2.48. The molecule has 0 aromatic heterocycles. The van der Waals surface area contributed by atoms with Gasteiger partial charge in [-0.2, -0.15) is 5.26 Å². The van der Waals surface area contributed by atoms with E-state index in [1.54, 1.807) is 19.2 Å². The molecule has 45 heavy (non-hydrogen) atoms. The molecule has 1 aliphatic rings. The molecule has 4 rings (SSSR count). The van der Waals surface area contributed by atoms with Gasteiger partial charge in [-0.05, 0) is 30.2 Å². The Morgan fingerprint density at radius 1 is 0.911 bits per heavy atom. The topological polar surface area (TPSA) is 113 Å². The average molecular weight is 715 g/mol. The van der Waals surface area contributed by atoms with Crippen molar-refractivity contribution in [2.75, 3.05) is 20.3 Å². The third kappa shape index (κ3) is 7.97. The number of allylic oxidation sites excluding steroid dienone is 1. The zero-order valence-electron chi connectivity index (χ0n) is 24.4. The van der Waals surface area contributed by atoms with E-state index in [0.717, 1.165) is 18.4 Å². The molecule has 8 nitrogen and oxygen atoms in total. The Bertz CT molecular complexity index is 1630. The fraction of sp³-hybridized carbons (Fsp3) is 0.312. The van der Waals surface area contributed by atoms with Crippen LogP contribution in [0.15, 0.2) is 47.9 Å². The number of nitrogens with two attached hydrogens (primary N) is 1. The van der Waals surface area contributed by atoms with Crippen LogP contribution >= 0.6 is 58.0 Å². The maximum Gasteiger partial charge on any atom is 0.349 e. The van der Waals surface area contributed by atoms with Crippen LogP contribution in [0.25, 0.3) is 0 Å². The van der Waals surface area contributed by atoms with Gasteiger partial charge in [0, 0.05) is 11.6 Å². The van der Waals surface area contributed by atoms with Crippen molar-refractivity contribution in [2.45, 2.75) is 44.9 Å². The number of fused-ring (bicyclic) bond motifs is 1. The molecule has 0 radical (unpaired) electrons. The van der Waals surface area contributed by atoms with Crippen LogP contribution in [0.2, 0.25) is 25.1 Å². The lowest BCUT2D eigenvalue weighted by molar-refractivity contribution is -0.136. The van der Waals surface area contributed by atoms with Crippen LogP contribution in [0.5, 0.6) is 28.7 Å². The Kier molecular flexibility index (Phi) is 12.2. The van der Waals surface area contributed by atoms with Crippen molar-refractivity contribution in [3.8, 4) is 34.8 Å². The standard InChI is InChI=1S/C32H29Cl5N2O6/c1-3-4-5-6-7-12-42-21-11-8-17(13-23(21)41-2)25-19-10-9-18(14-22(19)45-32(39)20(25)15-38)44-24(40)16-43-31-29(36)27(34)26(33)28(35)30(31)37/h8-11,13-14,25H,3-7,12,16,39H2,1-2H3. The quantitative estimate of drug-likeness (QED) is 0.0613. The number of halogens is 5. The number of hydrogen-bond donors (Lipinski definition) is 1. The van der Waals surface area contributed by atoms with Gasteiger partial charge in [-0.3, -0.25) is 0 Å². The van der Waals surface area contributed by atoms with Crippen LogP contribution in [0.1, 0.15) is 56.1 Å². The molecule has 238 valence electrons. The number of benzene rings is 3. The number of hydrogen-bond acceptors (Lipinski definition) is 8. The van der Waals surface area contributed by atoms with E-state index < -0.39 is 18.5 Å². The van der Waals surface area contributed by atoms with Crippen LogP contribution in [0.3, 0.4) is 0 Å². The summed E-state index contributed by atoms with van der Waals surface area (Å²) in [4.78, 5) is 12.6. The molecule has 0 amide bonds. The number of ether oxygens (including phenoxy) is 5. The number of carbonyl (C=O) groups excluding carboxylic acids is 1. The Balaban J connectivity index is 1.51. The number of methoxy groups -OCH3 is 1. The minimum atomic E-state index is -0.788. The van der Waals surface area contributed by atoms with E-state index in [4.69, 9.17) is 87.4 Å². The van der Waals surface area contributed by atoms with Crippen molar-refractivity contribution in [1.29, 1.82) is 5.26 Å². The van der Waals surface area contributed by atoms with Crippen LogP contribution in [-0.4, -0.2) is 26.3 Å². The van der Waals surface area contributed by atoms with Gasteiger partial charge in [-0.25, -0.2) is 4.79 Å². The van der Waals surface area contributed by atoms with Crippen molar-refractivity contribution < 1.29 is 28.5 Å². The monoisotopic (exact) mass is 712 g/mol. The van der Waals surface area contributed by atoms with Gasteiger partial charge >= 0.3 is 5.97 Å². The first-order chi connectivity index (χ1) is 21.6. The van der Waals surface area contributed by atoms with Crippen molar-refractivity contribution in [3.05, 3.63) is 84.1 Å². The number of nitrogens with zero attached hydrogens (tertiary/aromatic N) is 1. The van der Waals surface area contributed by atoms with Gasteiger partial charge in [0.05, 0.1) is 34.7 Å². The molecule has 0 spiro atoms. The summed E-state index contributed by atoms with van der Waals surface area (Å²) in [7, 11) is 1.56. The van der Waals surface area contributed by atoms with Crippen LogP contribution in [0, 0.1) is 11.3 Å². The smallest absolute Gasteiger partial charge is 0.349 e. The maximum absolute atomic E-state index is 12.6. The molecule has 0 aliphatic carbocycles. The molecule has 13 heteroatoms. The molecule has 0 bridgehead atoms. The van der Waals surface area contributed by atoms with E-state index in [1.807, 2.05) is 18.2 Å². The van der Waals surface area contributed by atoms with E-state index in [1.165, 1.54) is 25.3 Å². The van der Waals surface area contributed by atoms with Gasteiger partial charge in [0.1, 0.15) is 33.2 Å². The molecule has 0 fully saturated rings. The highest BCUT2D eigenvalue weighted by atomic mass is 35.5. The molecule has 1 aliphatic heterocycles. The lowest BCUT2D eigenvalue weighted by atomic mass is 9.83. The molecular weight excluding hydrogens is 686 g/mol. The van der Waals surface area contributed by atoms with Crippen LogP contribution < -0.4 is 29.4 Å². The third-order valence-corrected chi connectivity index (χ3v) is 9.19. The van der Waals surface area contributed by atoms with Gasteiger partial charge in [0.25, 0.3) is 0 Å². The summed E-state index contributed by atoms with van der Waals surface area (Å²) in [5.41, 5.74) is 7.76. The van der Waals surface area contributed by atoms with Crippen molar-refractivity contribution in [2.24, 2.45) is 5.73 Å². The lowest BCUT2D eigenvalue weighted by Crippen LogP contribution is -2.22. The number of nitriles is 1. The molecule has 0 saturated carbocycles. The summed E-state index contributed by atoms with van der Waals surface area (Å²) in [5, 5.41) is 9.57. The van der Waals surface area contributed by atoms with Crippen LogP contribution in [-0.2, 0) is 4.79 Å². The predicted octanol–water partition coefficient (Wildman–Crippen LogP) is 9.51. The molecule has 0 saturated heterocycles. The maximum atomic E-state index is 12.6. The Hall–Kier alpha value is -3.19. The highest BCUT2D eigenvalue weighted by molar-refractivity contribution is 6.55. The van der Waals surface area contributed by atoms with Gasteiger partial charge in [0.15, 0.2) is 23.9 Å². The first-order valence-electron chi connectivity index (χ1n) is 14.0. The number of unbranched alkanes of at least 4 members (excludes halogenated alkanes) is 4. The summed E-state index contributed by atoms with van der Waals surface area (Å²) in [5.74, 6) is 0.0149. The van der Waals surface area contributed by atoms with Crippen molar-refractivity contribution >= 4 is 64.0 Å². The van der Waals surface area contributed by atoms with E-state index in [-0.39, 0.29) is 48.1 Å². The minimum absolute atomic E-state index is 0.0422. The van der Waals surface area contributed by atoms with Crippen molar-refractivity contribution in [1.82, 2.24) is 0 Å². The normalized spacial score (nSPS) is 13.9. The predicted molar refractivity (Wildman–Crippen MR) is 176 cm³/mol. The van der Waals surface area contributed by atoms with Gasteiger partial charge in [-0.1, -0.05) is 103 Å². The molecule has 3 aromatic rings. The molecule has 1 unspecified atom stereocenters. The van der Waals surface area contributed by atoms with E-state index >= 15 is 0 Å². The largest absolute Gasteiger partial charge is 0.493 e. The summed E-state index contributed by atoms with van der Waals surface area (Å²) in [6, 6.07) is 12.4. The number of carbonyl (C=O) groups is 1. The first kappa shape index (κ1) is 34.7. The van der Waals surface area contributed by atoms with E-state index in [2.05, 4.69) is 13.0 Å². The summed E-state index contributed by atoms with van der Waals surface area (Å²) >= 11 is 30.4. The van der Waals surface area contributed by atoms with Crippen molar-refractivity contribution in [3.63, 3.8) is 0 Å². The molecule has 1 heterocycles. The van der Waals surface area contributed by atoms with Gasteiger partial charge in [0.2, 0.25) is 5.88 Å². The highest BCUT2D eigenvalue weighted by Gasteiger charge is 2.32. The summed E-state index contributed by atoms with van der Waals surface area (Å²) in [6.45, 7) is 2.17. The molecular formula is C32H29Cl5N2O6. The first-order valence-corrected chi connectivity index (χ1v) is 15.9. The second kappa shape index (κ2) is 15.9. The zero-order chi connectivity index (χ0) is 32.7. The van der Waals surface area contributed by atoms with E-state index in [0.29, 0.717) is 29.4 Å². The average Bonchev–Trinajstić information content (AvgIpc) is 3.03. The van der Waals surface area contributed by atoms with Gasteiger partial charge < -0.3 is 29.4 Å². The Morgan fingerprint density at radius 2 is 1.60 bits per heavy atom. The minimum Gasteiger partial charge on any atom is -0.493 e. The zero-order valence-corrected chi connectivity index (χ0v) is 28.1. The molecule has 2 N–H and O–H groups in total. The Morgan fingerprint density at radius 3 is 2.27 bits per heavy atom.